The molecule has 6 rings (SSSR count). The van der Waals surface area contributed by atoms with Crippen molar-refractivity contribution in [1.29, 1.82) is 0 Å². The van der Waals surface area contributed by atoms with Crippen molar-refractivity contribution >= 4 is 11.9 Å². The number of rotatable bonds is 6. The SMILES string of the molecule is CC(C)CN1C(=O)N(C2Cc3ccccc3C2)C(=O)C12CCN(Cc1cn[nH]c1-c1ccccc1)CC2. The number of benzene rings is 2. The minimum absolute atomic E-state index is 0.0175. The molecule has 2 aromatic carbocycles. The van der Waals surface area contributed by atoms with Crippen LogP contribution in [0.25, 0.3) is 11.3 Å². The molecular weight excluding hydrogens is 462 g/mol. The van der Waals surface area contributed by atoms with Crippen LogP contribution in [0.1, 0.15) is 43.4 Å². The fourth-order valence-electron chi connectivity index (χ4n) is 6.49. The lowest BCUT2D eigenvalue weighted by Gasteiger charge is -2.42. The summed E-state index contributed by atoms with van der Waals surface area (Å²) in [6.45, 7) is 7.17. The number of nitrogens with zero attached hydrogens (tertiary/aromatic N) is 4. The summed E-state index contributed by atoms with van der Waals surface area (Å²) in [6.07, 6.45) is 4.75. The number of imide groups is 1. The molecule has 0 saturated carbocycles. The summed E-state index contributed by atoms with van der Waals surface area (Å²) in [5, 5.41) is 7.46. The summed E-state index contributed by atoms with van der Waals surface area (Å²) in [6, 6.07) is 18.4. The maximum Gasteiger partial charge on any atom is 0.327 e. The molecule has 37 heavy (non-hydrogen) atoms. The van der Waals surface area contributed by atoms with Crippen molar-refractivity contribution in [2.75, 3.05) is 19.6 Å². The van der Waals surface area contributed by atoms with Crippen molar-refractivity contribution in [3.05, 3.63) is 77.5 Å². The lowest BCUT2D eigenvalue weighted by Crippen LogP contribution is -2.57. The Hall–Kier alpha value is -3.45. The minimum Gasteiger partial charge on any atom is -0.309 e. The Labute approximate surface area is 218 Å². The number of aromatic nitrogens is 2. The molecule has 3 aromatic rings. The summed E-state index contributed by atoms with van der Waals surface area (Å²) in [4.78, 5) is 33.9. The maximum absolute atomic E-state index is 14.1. The van der Waals surface area contributed by atoms with E-state index in [0.29, 0.717) is 25.3 Å². The number of H-pyrrole nitrogens is 1. The van der Waals surface area contributed by atoms with Gasteiger partial charge in [0.15, 0.2) is 0 Å². The van der Waals surface area contributed by atoms with Crippen molar-refractivity contribution in [3.63, 3.8) is 0 Å². The van der Waals surface area contributed by atoms with E-state index in [2.05, 4.69) is 53.2 Å². The van der Waals surface area contributed by atoms with Gasteiger partial charge in [-0.2, -0.15) is 5.10 Å². The quantitative estimate of drug-likeness (QED) is 0.509. The van der Waals surface area contributed by atoms with Gasteiger partial charge in [0.1, 0.15) is 5.54 Å². The Bertz CT molecular complexity index is 1270. The predicted octanol–water partition coefficient (Wildman–Crippen LogP) is 4.50. The standard InChI is InChI=1S/C30H35N5O2/c1-21(2)19-34-29(37)35(26-16-23-10-6-7-11-24(23)17-26)28(36)30(34)12-14-33(15-13-30)20-25-18-31-32-27(25)22-8-4-3-5-9-22/h3-11,18,21,26H,12-17,19-20H2,1-2H3,(H,31,32). The van der Waals surface area contributed by atoms with Crippen molar-refractivity contribution in [2.45, 2.75) is 57.7 Å². The second-order valence-electron chi connectivity index (χ2n) is 11.2. The molecular formula is C30H35N5O2. The molecule has 2 fully saturated rings. The number of fused-ring (bicyclic) bond motifs is 1. The lowest BCUT2D eigenvalue weighted by molar-refractivity contribution is -0.137. The van der Waals surface area contributed by atoms with Gasteiger partial charge in [-0.1, -0.05) is 68.4 Å². The molecule has 0 atom stereocenters. The smallest absolute Gasteiger partial charge is 0.309 e. The van der Waals surface area contributed by atoms with E-state index in [9.17, 15) is 9.59 Å². The van der Waals surface area contributed by atoms with Gasteiger partial charge >= 0.3 is 6.03 Å². The van der Waals surface area contributed by atoms with E-state index in [1.807, 2.05) is 41.4 Å². The Balaban J connectivity index is 1.20. The highest BCUT2D eigenvalue weighted by Crippen LogP contribution is 2.41. The number of urea groups is 1. The number of hydrogen-bond acceptors (Lipinski definition) is 4. The molecule has 192 valence electrons. The van der Waals surface area contributed by atoms with Gasteiger partial charge in [0.2, 0.25) is 0 Å². The van der Waals surface area contributed by atoms with Crippen LogP contribution in [0, 0.1) is 5.92 Å². The van der Waals surface area contributed by atoms with Crippen molar-refractivity contribution in [2.24, 2.45) is 5.92 Å². The first-order valence-electron chi connectivity index (χ1n) is 13.5. The predicted molar refractivity (Wildman–Crippen MR) is 143 cm³/mol. The van der Waals surface area contributed by atoms with Gasteiger partial charge in [-0.3, -0.25) is 19.7 Å². The number of carbonyl (C=O) groups is 2. The van der Waals surface area contributed by atoms with Crippen LogP contribution in [-0.4, -0.2) is 68.1 Å². The number of nitrogens with one attached hydrogen (secondary N) is 1. The van der Waals surface area contributed by atoms with Crippen molar-refractivity contribution in [1.82, 2.24) is 24.9 Å². The Kier molecular flexibility index (Phi) is 6.11. The average Bonchev–Trinajstić information content (AvgIpc) is 3.59. The zero-order valence-corrected chi connectivity index (χ0v) is 21.7. The topological polar surface area (TPSA) is 72.5 Å². The normalized spacial score (nSPS) is 20.0. The zero-order chi connectivity index (χ0) is 25.6. The van der Waals surface area contributed by atoms with Gasteiger partial charge < -0.3 is 4.90 Å². The van der Waals surface area contributed by atoms with E-state index < -0.39 is 5.54 Å². The number of amides is 3. The highest BCUT2D eigenvalue weighted by Gasteiger charge is 2.59. The summed E-state index contributed by atoms with van der Waals surface area (Å²) in [5.74, 6) is 0.315. The van der Waals surface area contributed by atoms with Crippen molar-refractivity contribution < 1.29 is 9.59 Å². The molecule has 1 N–H and O–H groups in total. The molecule has 0 radical (unpaired) electrons. The van der Waals surface area contributed by atoms with Gasteiger partial charge in [0, 0.05) is 37.8 Å². The largest absolute Gasteiger partial charge is 0.327 e. The molecule has 2 saturated heterocycles. The fraction of sp³-hybridized carbons (Fsp3) is 0.433. The van der Waals surface area contributed by atoms with E-state index >= 15 is 0 Å². The highest BCUT2D eigenvalue weighted by molar-refractivity contribution is 6.07. The Morgan fingerprint density at radius 2 is 1.62 bits per heavy atom. The number of aromatic amines is 1. The number of likely N-dealkylation sites (tertiary alicyclic amines) is 1. The summed E-state index contributed by atoms with van der Waals surface area (Å²) >= 11 is 0. The summed E-state index contributed by atoms with van der Waals surface area (Å²) < 4.78 is 0. The van der Waals surface area contributed by atoms with Crippen molar-refractivity contribution in [3.8, 4) is 11.3 Å². The van der Waals surface area contributed by atoms with Gasteiger partial charge in [-0.25, -0.2) is 4.79 Å². The first-order chi connectivity index (χ1) is 18.0. The van der Waals surface area contributed by atoms with Crippen LogP contribution >= 0.6 is 0 Å². The highest BCUT2D eigenvalue weighted by atomic mass is 16.2. The molecule has 1 aliphatic carbocycles. The molecule has 0 bridgehead atoms. The van der Waals surface area contributed by atoms with Gasteiger partial charge in [-0.05, 0) is 48.3 Å². The molecule has 0 unspecified atom stereocenters. The third kappa shape index (κ3) is 4.15. The summed E-state index contributed by atoms with van der Waals surface area (Å²) in [5.41, 5.74) is 5.10. The Morgan fingerprint density at radius 1 is 0.973 bits per heavy atom. The molecule has 3 aliphatic rings. The third-order valence-electron chi connectivity index (χ3n) is 8.37. The van der Waals surface area contributed by atoms with E-state index in [4.69, 9.17) is 0 Å². The average molecular weight is 498 g/mol. The number of hydrogen-bond donors (Lipinski definition) is 1. The van der Waals surface area contributed by atoms with Crippen LogP contribution in [0.4, 0.5) is 4.79 Å². The number of carbonyl (C=O) groups excluding carboxylic acids is 2. The molecule has 2 aliphatic heterocycles. The van der Waals surface area contributed by atoms with E-state index in [-0.39, 0.29) is 18.0 Å². The van der Waals surface area contributed by atoms with Crippen LogP contribution in [0.15, 0.2) is 60.8 Å². The Morgan fingerprint density at radius 3 is 2.27 bits per heavy atom. The third-order valence-corrected chi connectivity index (χ3v) is 8.37. The molecule has 3 amide bonds. The zero-order valence-electron chi connectivity index (χ0n) is 21.7. The monoisotopic (exact) mass is 497 g/mol. The second kappa shape index (κ2) is 9.45. The lowest BCUT2D eigenvalue weighted by atomic mass is 9.85. The van der Waals surface area contributed by atoms with Crippen LogP contribution in [0.3, 0.4) is 0 Å². The van der Waals surface area contributed by atoms with Gasteiger partial charge in [-0.15, -0.1) is 0 Å². The van der Waals surface area contributed by atoms with Crippen LogP contribution in [0.2, 0.25) is 0 Å². The summed E-state index contributed by atoms with van der Waals surface area (Å²) in [7, 11) is 0. The molecule has 3 heterocycles. The van der Waals surface area contributed by atoms with E-state index in [0.717, 1.165) is 49.3 Å². The van der Waals surface area contributed by atoms with E-state index in [1.54, 1.807) is 4.90 Å². The van der Waals surface area contributed by atoms with E-state index in [1.165, 1.54) is 11.1 Å². The first-order valence-corrected chi connectivity index (χ1v) is 13.5. The van der Waals surface area contributed by atoms with Crippen LogP contribution in [-0.2, 0) is 24.2 Å². The van der Waals surface area contributed by atoms with Gasteiger partial charge in [0.05, 0.1) is 11.9 Å². The first kappa shape index (κ1) is 23.9. The molecule has 1 aromatic heterocycles. The number of piperidine rings is 1. The molecule has 7 nitrogen and oxygen atoms in total. The molecule has 7 heteroatoms. The second-order valence-corrected chi connectivity index (χ2v) is 11.2. The van der Waals surface area contributed by atoms with Crippen LogP contribution < -0.4 is 0 Å². The minimum atomic E-state index is -0.731. The van der Waals surface area contributed by atoms with Crippen LogP contribution in [0.5, 0.6) is 0 Å². The maximum atomic E-state index is 14.1. The fourth-order valence-corrected chi connectivity index (χ4v) is 6.49. The molecule has 1 spiro atoms. The van der Waals surface area contributed by atoms with Gasteiger partial charge in [0.25, 0.3) is 5.91 Å².